The minimum atomic E-state index is -0.632. The molecule has 0 saturated heterocycles. The molecule has 0 heterocycles. The largest absolute Gasteiger partial charge is 0.467 e. The SMILES string of the molecule is COC(=O)C(NC(=O)[C@H](N)CCSC)C(C)C. The van der Waals surface area contributed by atoms with Crippen LogP contribution in [0.3, 0.4) is 0 Å². The molecule has 0 bridgehead atoms. The number of esters is 1. The molecule has 0 aromatic heterocycles. The van der Waals surface area contributed by atoms with Gasteiger partial charge in [0.05, 0.1) is 13.2 Å². The van der Waals surface area contributed by atoms with E-state index in [0.717, 1.165) is 5.75 Å². The van der Waals surface area contributed by atoms with Crippen LogP contribution in [0.2, 0.25) is 0 Å². The summed E-state index contributed by atoms with van der Waals surface area (Å²) < 4.78 is 4.64. The normalized spacial score (nSPS) is 14.2. The van der Waals surface area contributed by atoms with E-state index >= 15 is 0 Å². The quantitative estimate of drug-likeness (QED) is 0.648. The van der Waals surface area contributed by atoms with Gasteiger partial charge in [0.15, 0.2) is 0 Å². The van der Waals surface area contributed by atoms with Crippen LogP contribution in [0.1, 0.15) is 20.3 Å². The number of thioether (sulfide) groups is 1. The van der Waals surface area contributed by atoms with Gasteiger partial charge in [-0.3, -0.25) is 4.79 Å². The third-order valence-electron chi connectivity index (χ3n) is 2.39. The topological polar surface area (TPSA) is 81.4 Å². The molecule has 3 N–H and O–H groups in total. The van der Waals surface area contributed by atoms with Crippen LogP contribution in [0.4, 0.5) is 0 Å². The number of rotatable bonds is 7. The number of carbonyl (C=O) groups is 2. The third-order valence-corrected chi connectivity index (χ3v) is 3.03. The van der Waals surface area contributed by atoms with E-state index in [-0.39, 0.29) is 11.8 Å². The zero-order valence-corrected chi connectivity index (χ0v) is 11.7. The van der Waals surface area contributed by atoms with Crippen LogP contribution in [-0.4, -0.2) is 43.1 Å². The van der Waals surface area contributed by atoms with Crippen LogP contribution in [0, 0.1) is 5.92 Å². The lowest BCUT2D eigenvalue weighted by Gasteiger charge is -2.21. The molecule has 0 saturated carbocycles. The second-order valence-electron chi connectivity index (χ2n) is 4.14. The molecule has 0 fully saturated rings. The number of hydrogen-bond donors (Lipinski definition) is 2. The minimum Gasteiger partial charge on any atom is -0.467 e. The van der Waals surface area contributed by atoms with Crippen molar-refractivity contribution in [2.24, 2.45) is 11.7 Å². The van der Waals surface area contributed by atoms with Gasteiger partial charge in [-0.15, -0.1) is 0 Å². The summed E-state index contributed by atoms with van der Waals surface area (Å²) in [5.74, 6) is 0.0480. The van der Waals surface area contributed by atoms with Crippen molar-refractivity contribution in [2.45, 2.75) is 32.4 Å². The Labute approximate surface area is 107 Å². The molecule has 0 rings (SSSR count). The van der Waals surface area contributed by atoms with Crippen molar-refractivity contribution >= 4 is 23.6 Å². The molecule has 0 radical (unpaired) electrons. The van der Waals surface area contributed by atoms with Crippen molar-refractivity contribution < 1.29 is 14.3 Å². The van der Waals surface area contributed by atoms with Gasteiger partial charge in [0.1, 0.15) is 6.04 Å². The molecular weight excluding hydrogens is 240 g/mol. The highest BCUT2D eigenvalue weighted by Gasteiger charge is 2.26. The summed E-state index contributed by atoms with van der Waals surface area (Å²) in [4.78, 5) is 23.2. The number of carbonyl (C=O) groups excluding carboxylic acids is 2. The third kappa shape index (κ3) is 5.93. The Bertz CT molecular complexity index is 259. The number of methoxy groups -OCH3 is 1. The molecule has 100 valence electrons. The summed E-state index contributed by atoms with van der Waals surface area (Å²) in [5, 5.41) is 2.63. The van der Waals surface area contributed by atoms with Gasteiger partial charge in [0.2, 0.25) is 5.91 Å². The highest BCUT2D eigenvalue weighted by atomic mass is 32.2. The molecule has 1 unspecified atom stereocenters. The number of ether oxygens (including phenoxy) is 1. The van der Waals surface area contributed by atoms with Crippen LogP contribution in [0.25, 0.3) is 0 Å². The molecule has 2 atom stereocenters. The van der Waals surface area contributed by atoms with E-state index in [9.17, 15) is 9.59 Å². The van der Waals surface area contributed by atoms with Crippen LogP contribution < -0.4 is 11.1 Å². The maximum absolute atomic E-state index is 11.7. The van der Waals surface area contributed by atoms with Crippen LogP contribution in [-0.2, 0) is 14.3 Å². The summed E-state index contributed by atoms with van der Waals surface area (Å²) in [6.45, 7) is 3.69. The van der Waals surface area contributed by atoms with E-state index < -0.39 is 18.1 Å². The maximum atomic E-state index is 11.7. The zero-order chi connectivity index (χ0) is 13.4. The van der Waals surface area contributed by atoms with E-state index in [2.05, 4.69) is 10.1 Å². The van der Waals surface area contributed by atoms with Gasteiger partial charge in [-0.1, -0.05) is 13.8 Å². The van der Waals surface area contributed by atoms with Gasteiger partial charge >= 0.3 is 5.97 Å². The standard InChI is InChI=1S/C11H22N2O3S/c1-7(2)9(11(15)16-3)13-10(14)8(12)5-6-17-4/h7-9H,5-6,12H2,1-4H3,(H,13,14)/t8-,9?/m1/s1. The lowest BCUT2D eigenvalue weighted by molar-refractivity contribution is -0.146. The van der Waals surface area contributed by atoms with E-state index in [1.807, 2.05) is 20.1 Å². The van der Waals surface area contributed by atoms with Crippen LogP contribution in [0.15, 0.2) is 0 Å². The van der Waals surface area contributed by atoms with Crippen molar-refractivity contribution in [1.29, 1.82) is 0 Å². The molecule has 0 aromatic carbocycles. The van der Waals surface area contributed by atoms with Crippen LogP contribution in [0.5, 0.6) is 0 Å². The smallest absolute Gasteiger partial charge is 0.328 e. The first-order chi connectivity index (χ1) is 7.93. The van der Waals surface area contributed by atoms with E-state index in [4.69, 9.17) is 5.73 Å². The fourth-order valence-corrected chi connectivity index (χ4v) is 1.75. The molecule has 17 heavy (non-hydrogen) atoms. The Morgan fingerprint density at radius 1 is 1.41 bits per heavy atom. The van der Waals surface area contributed by atoms with Gasteiger partial charge in [-0.05, 0) is 24.3 Å². The first-order valence-electron chi connectivity index (χ1n) is 5.56. The van der Waals surface area contributed by atoms with Gasteiger partial charge in [-0.2, -0.15) is 11.8 Å². The van der Waals surface area contributed by atoms with Crippen molar-refractivity contribution in [3.05, 3.63) is 0 Å². The Balaban J connectivity index is 4.35. The molecule has 5 nitrogen and oxygen atoms in total. The highest BCUT2D eigenvalue weighted by Crippen LogP contribution is 2.05. The number of hydrogen-bond acceptors (Lipinski definition) is 5. The second kappa shape index (κ2) is 8.36. The summed E-state index contributed by atoms with van der Waals surface area (Å²) in [6.07, 6.45) is 2.55. The van der Waals surface area contributed by atoms with Crippen molar-refractivity contribution in [3.8, 4) is 0 Å². The zero-order valence-electron chi connectivity index (χ0n) is 10.9. The molecule has 0 aliphatic carbocycles. The average Bonchev–Trinajstić information content (AvgIpc) is 2.31. The minimum absolute atomic E-state index is 0.0286. The summed E-state index contributed by atoms with van der Waals surface area (Å²) in [6, 6.07) is -1.21. The predicted molar refractivity (Wildman–Crippen MR) is 69.8 cm³/mol. The Morgan fingerprint density at radius 3 is 2.41 bits per heavy atom. The Morgan fingerprint density at radius 2 is 2.00 bits per heavy atom. The summed E-state index contributed by atoms with van der Waals surface area (Å²) in [5.41, 5.74) is 5.72. The molecular formula is C11H22N2O3S. The first kappa shape index (κ1) is 16.2. The van der Waals surface area contributed by atoms with Gasteiger partial charge < -0.3 is 15.8 Å². The van der Waals surface area contributed by atoms with E-state index in [1.54, 1.807) is 11.8 Å². The van der Waals surface area contributed by atoms with Crippen molar-refractivity contribution in [3.63, 3.8) is 0 Å². The Kier molecular flexibility index (Phi) is 7.99. The summed E-state index contributed by atoms with van der Waals surface area (Å²) >= 11 is 1.63. The molecule has 0 aromatic rings. The fourth-order valence-electron chi connectivity index (χ4n) is 1.26. The fraction of sp³-hybridized carbons (Fsp3) is 0.818. The monoisotopic (exact) mass is 262 g/mol. The van der Waals surface area contributed by atoms with Gasteiger partial charge in [0, 0.05) is 0 Å². The van der Waals surface area contributed by atoms with Crippen molar-refractivity contribution in [2.75, 3.05) is 19.1 Å². The highest BCUT2D eigenvalue weighted by molar-refractivity contribution is 7.98. The predicted octanol–water partition coefficient (Wildman–Crippen LogP) is 0.381. The lowest BCUT2D eigenvalue weighted by Crippen LogP contribution is -2.51. The first-order valence-corrected chi connectivity index (χ1v) is 6.96. The van der Waals surface area contributed by atoms with Gasteiger partial charge in [0.25, 0.3) is 0 Å². The molecule has 6 heteroatoms. The molecule has 0 aliphatic heterocycles. The lowest BCUT2D eigenvalue weighted by atomic mass is 10.0. The summed E-state index contributed by atoms with van der Waals surface area (Å²) in [7, 11) is 1.30. The van der Waals surface area contributed by atoms with Gasteiger partial charge in [-0.25, -0.2) is 4.79 Å². The van der Waals surface area contributed by atoms with Crippen LogP contribution >= 0.6 is 11.8 Å². The maximum Gasteiger partial charge on any atom is 0.328 e. The number of nitrogens with two attached hydrogens (primary N) is 1. The van der Waals surface area contributed by atoms with Crippen molar-refractivity contribution in [1.82, 2.24) is 5.32 Å². The molecule has 0 spiro atoms. The Hall–Kier alpha value is -0.750. The van der Waals surface area contributed by atoms with E-state index in [0.29, 0.717) is 6.42 Å². The molecule has 1 amide bonds. The number of nitrogens with one attached hydrogen (secondary N) is 1. The average molecular weight is 262 g/mol. The number of amides is 1. The van der Waals surface area contributed by atoms with E-state index in [1.165, 1.54) is 7.11 Å². The second-order valence-corrected chi connectivity index (χ2v) is 5.13. The molecule has 0 aliphatic rings.